The van der Waals surface area contributed by atoms with E-state index in [9.17, 15) is 9.90 Å². The topological polar surface area (TPSA) is 179 Å². The van der Waals surface area contributed by atoms with Crippen molar-refractivity contribution in [1.29, 1.82) is 0 Å². The molecule has 4 fully saturated rings. The molecule has 17 heteroatoms. The van der Waals surface area contributed by atoms with Crippen molar-refractivity contribution in [3.05, 3.63) is 264 Å². The third-order valence-corrected chi connectivity index (χ3v) is 15.9. The number of carbonyl (C=O) groups is 1. The van der Waals surface area contributed by atoms with E-state index >= 15 is 0 Å². The van der Waals surface area contributed by atoms with Crippen LogP contribution in [0.25, 0.3) is 0 Å². The molecule has 0 aromatic heterocycles. The molecule has 2 N–H and O–H groups in total. The van der Waals surface area contributed by atoms with Gasteiger partial charge in [0.25, 0.3) is 0 Å². The molecule has 17 nitrogen and oxygen atoms in total. The van der Waals surface area contributed by atoms with Crippen molar-refractivity contribution in [2.75, 3.05) is 26.4 Å². The minimum Gasteiger partial charge on any atom is -0.385 e. The lowest BCUT2D eigenvalue weighted by atomic mass is 9.93. The van der Waals surface area contributed by atoms with E-state index < -0.39 is 104 Å². The van der Waals surface area contributed by atoms with Crippen molar-refractivity contribution in [3.63, 3.8) is 0 Å². The van der Waals surface area contributed by atoms with Crippen molar-refractivity contribution in [1.82, 2.24) is 5.32 Å². The molecule has 89 heavy (non-hydrogen) atoms. The van der Waals surface area contributed by atoms with Crippen molar-refractivity contribution < 1.29 is 76.2 Å². The second-order valence-corrected chi connectivity index (χ2v) is 22.4. The van der Waals surface area contributed by atoms with E-state index in [-0.39, 0.29) is 66.1 Å². The summed E-state index contributed by atoms with van der Waals surface area (Å²) < 4.78 is 96.2. The molecule has 1 unspecified atom stereocenters. The van der Waals surface area contributed by atoms with Gasteiger partial charge in [0, 0.05) is 12.5 Å². The SMILES string of the molecule is C=CCO[C@H]1O[C@H](COCc2ccccc2)[C@H](OCc2ccccc2)[C@H](O[C@@H]2O[C@@H]3COC(c4ccccc4)O[C@@H]3[C@H](O[C@@H]3O[C@H](COCc4ccccc4)[C@H](OCc4ccccc4)[C@H](OCc4ccccc4)[C@H]3O)[C@H]2NC(C)=O)[C@H]1OCc1ccccc1. The van der Waals surface area contributed by atoms with Crippen LogP contribution in [0.2, 0.25) is 0 Å². The third kappa shape index (κ3) is 17.6. The summed E-state index contributed by atoms with van der Waals surface area (Å²) in [6, 6.07) is 66.9. The van der Waals surface area contributed by atoms with Crippen LogP contribution in [0.3, 0.4) is 0 Å². The fraction of sp³-hybridized carbons (Fsp3) is 0.375. The van der Waals surface area contributed by atoms with E-state index in [1.165, 1.54) is 6.92 Å². The Labute approximate surface area is 520 Å². The number of hydrogen-bond donors (Lipinski definition) is 2. The summed E-state index contributed by atoms with van der Waals surface area (Å²) in [5, 5.41) is 16.2. The van der Waals surface area contributed by atoms with Crippen LogP contribution in [0.15, 0.2) is 225 Å². The average Bonchev–Trinajstić information content (AvgIpc) is 2.14. The third-order valence-electron chi connectivity index (χ3n) is 15.9. The molecule has 4 aliphatic rings. The van der Waals surface area contributed by atoms with E-state index in [1.807, 2.05) is 212 Å². The molecule has 0 aliphatic carbocycles. The Hall–Kier alpha value is -6.85. The zero-order valence-corrected chi connectivity index (χ0v) is 49.9. The Kier molecular flexibility index (Phi) is 23.4. The van der Waals surface area contributed by atoms with Crippen molar-refractivity contribution in [2.45, 2.75) is 145 Å². The highest BCUT2D eigenvalue weighted by Crippen LogP contribution is 2.41. The van der Waals surface area contributed by atoms with Crippen LogP contribution in [0.1, 0.15) is 52.2 Å². The first-order valence-electron chi connectivity index (χ1n) is 30.5. The van der Waals surface area contributed by atoms with Crippen LogP contribution in [-0.2, 0) is 111 Å². The molecule has 4 saturated heterocycles. The second kappa shape index (κ2) is 32.8. The Morgan fingerprint density at radius 1 is 0.472 bits per heavy atom. The largest absolute Gasteiger partial charge is 0.385 e. The average molecular weight is 1210 g/mol. The molecule has 11 rings (SSSR count). The van der Waals surface area contributed by atoms with Gasteiger partial charge in [0.1, 0.15) is 73.2 Å². The minimum absolute atomic E-state index is 0.00432. The molecule has 468 valence electrons. The first-order valence-corrected chi connectivity index (χ1v) is 30.5. The van der Waals surface area contributed by atoms with Gasteiger partial charge in [-0.25, -0.2) is 0 Å². The first kappa shape index (κ1) is 63.7. The van der Waals surface area contributed by atoms with Gasteiger partial charge < -0.3 is 76.7 Å². The molecule has 0 spiro atoms. The molecule has 16 atom stereocenters. The highest BCUT2D eigenvalue weighted by molar-refractivity contribution is 5.73. The molecule has 4 aliphatic heterocycles. The lowest BCUT2D eigenvalue weighted by Gasteiger charge is -2.53. The van der Waals surface area contributed by atoms with Gasteiger partial charge in [0.2, 0.25) is 5.91 Å². The molecule has 4 heterocycles. The zero-order valence-electron chi connectivity index (χ0n) is 49.9. The smallest absolute Gasteiger partial charge is 0.217 e. The van der Waals surface area contributed by atoms with Crippen LogP contribution >= 0.6 is 0 Å². The van der Waals surface area contributed by atoms with Crippen molar-refractivity contribution in [3.8, 4) is 0 Å². The highest BCUT2D eigenvalue weighted by atomic mass is 16.8. The number of aliphatic hydroxyl groups excluding tert-OH is 1. The van der Waals surface area contributed by atoms with Gasteiger partial charge in [0.15, 0.2) is 25.2 Å². The number of carbonyl (C=O) groups excluding carboxylic acids is 1. The summed E-state index contributed by atoms with van der Waals surface area (Å²) in [4.78, 5) is 14.0. The fourth-order valence-electron chi connectivity index (χ4n) is 11.5. The van der Waals surface area contributed by atoms with E-state index in [4.69, 9.17) is 66.3 Å². The van der Waals surface area contributed by atoms with Gasteiger partial charge in [-0.15, -0.1) is 6.58 Å². The molecular formula is C72H79NO16. The number of rotatable bonds is 29. The van der Waals surface area contributed by atoms with E-state index in [0.29, 0.717) is 0 Å². The summed E-state index contributed by atoms with van der Waals surface area (Å²) in [7, 11) is 0. The number of benzene rings is 7. The minimum atomic E-state index is -1.50. The second-order valence-electron chi connectivity index (χ2n) is 22.4. The maximum atomic E-state index is 14.0. The normalized spacial score (nSPS) is 28.5. The standard InChI is InChI=1S/C72H79NO16/c1-3-39-78-72-68(82-45-55-35-21-9-22-36-55)67(63(80-43-53-31-17-7-18-32-53)58(86-72)47-77-41-51-27-13-5-14-28-51)89-70-60(73-49(2)74)65(64-59(84-70)48-83-69(87-64)56-37-23-10-24-38-56)88-71-61(75)66(81-44-54-33-19-8-20-34-54)62(79-42-52-29-15-6-16-30-52)57(85-71)46-76-40-50-25-11-4-12-26-50/h3-38,57-72,75H,1,39-48H2,2H3,(H,73,74)/t57-,58-,59-,60-,61-,62+,63+,64+,65-,66-,67+,68-,69?,70+,71+,72+/m1/s1. The van der Waals surface area contributed by atoms with Gasteiger partial charge in [-0.05, 0) is 33.4 Å². The monoisotopic (exact) mass is 1210 g/mol. The fourth-order valence-corrected chi connectivity index (χ4v) is 11.5. The van der Waals surface area contributed by atoms with Crippen LogP contribution in [0.5, 0.6) is 0 Å². The van der Waals surface area contributed by atoms with Crippen LogP contribution < -0.4 is 5.32 Å². The number of nitrogens with one attached hydrogen (secondary N) is 1. The van der Waals surface area contributed by atoms with E-state index in [2.05, 4.69) is 11.9 Å². The number of ether oxygens (including phenoxy) is 14. The molecular weight excluding hydrogens is 1130 g/mol. The number of aliphatic hydroxyl groups is 1. The lowest BCUT2D eigenvalue weighted by Crippen LogP contribution is -2.71. The highest BCUT2D eigenvalue weighted by Gasteiger charge is 2.58. The number of fused-ring (bicyclic) bond motifs is 1. The van der Waals surface area contributed by atoms with Gasteiger partial charge in [-0.3, -0.25) is 4.79 Å². The summed E-state index contributed by atoms with van der Waals surface area (Å²) >= 11 is 0. The van der Waals surface area contributed by atoms with Gasteiger partial charge in [-0.1, -0.05) is 218 Å². The van der Waals surface area contributed by atoms with E-state index in [1.54, 1.807) is 6.08 Å². The van der Waals surface area contributed by atoms with Crippen LogP contribution in [0, 0.1) is 0 Å². The van der Waals surface area contributed by atoms with E-state index in [0.717, 1.165) is 38.9 Å². The molecule has 1 amide bonds. The molecule has 0 bridgehead atoms. The van der Waals surface area contributed by atoms with Gasteiger partial charge >= 0.3 is 0 Å². The summed E-state index contributed by atoms with van der Waals surface area (Å²) in [5.74, 6) is -0.443. The Balaban J connectivity index is 0.974. The number of amides is 1. The van der Waals surface area contributed by atoms with Gasteiger partial charge in [0.05, 0.1) is 66.1 Å². The molecule has 0 saturated carbocycles. The Morgan fingerprint density at radius 2 is 0.876 bits per heavy atom. The molecule has 0 radical (unpaired) electrons. The summed E-state index contributed by atoms with van der Waals surface area (Å²) in [5.41, 5.74) is 6.19. The van der Waals surface area contributed by atoms with Gasteiger partial charge in [-0.2, -0.15) is 0 Å². The Morgan fingerprint density at radius 3 is 1.34 bits per heavy atom. The predicted molar refractivity (Wildman–Crippen MR) is 328 cm³/mol. The first-order chi connectivity index (χ1) is 43.8. The maximum absolute atomic E-state index is 14.0. The summed E-state index contributed by atoms with van der Waals surface area (Å²) in [6.45, 7) is 6.60. The van der Waals surface area contributed by atoms with Crippen molar-refractivity contribution >= 4 is 5.91 Å². The molecule has 7 aromatic rings. The lowest BCUT2D eigenvalue weighted by molar-refractivity contribution is -0.397. The van der Waals surface area contributed by atoms with Crippen LogP contribution in [0.4, 0.5) is 0 Å². The zero-order chi connectivity index (χ0) is 61.0. The van der Waals surface area contributed by atoms with Crippen LogP contribution in [-0.4, -0.2) is 129 Å². The van der Waals surface area contributed by atoms with Crippen molar-refractivity contribution in [2.24, 2.45) is 0 Å². The molecule has 7 aromatic carbocycles. The predicted octanol–water partition coefficient (Wildman–Crippen LogP) is 9.89. The summed E-state index contributed by atoms with van der Waals surface area (Å²) in [6.07, 6.45) is -14.5. The number of hydrogen-bond acceptors (Lipinski definition) is 16. The maximum Gasteiger partial charge on any atom is 0.217 e. The Bertz CT molecular complexity index is 3160. The quantitative estimate of drug-likeness (QED) is 0.0423.